The van der Waals surface area contributed by atoms with Crippen molar-refractivity contribution in [3.63, 3.8) is 0 Å². The minimum atomic E-state index is -5.43. The smallest absolute Gasteiger partial charge is 0.377 e. The molecule has 1 saturated heterocycles. The summed E-state index contributed by atoms with van der Waals surface area (Å²) in [7, 11) is -3.39. The van der Waals surface area contributed by atoms with Gasteiger partial charge in [-0.2, -0.15) is 17.8 Å². The summed E-state index contributed by atoms with van der Waals surface area (Å²) in [6, 6.07) is 0. The van der Waals surface area contributed by atoms with Crippen molar-refractivity contribution in [3.8, 4) is 0 Å². The first kappa shape index (κ1) is 17.0. The predicted molar refractivity (Wildman–Crippen MR) is 63.4 cm³/mol. The Morgan fingerprint density at radius 1 is 1.47 bits per heavy atom. The number of morpholine rings is 1. The third kappa shape index (κ3) is 3.00. The van der Waals surface area contributed by atoms with Gasteiger partial charge < -0.3 is 14.6 Å². The molecule has 11 heteroatoms. The van der Waals surface area contributed by atoms with Crippen molar-refractivity contribution in [1.82, 2.24) is 10.0 Å². The highest BCUT2D eigenvalue weighted by Crippen LogP contribution is 2.39. The van der Waals surface area contributed by atoms with Crippen molar-refractivity contribution < 1.29 is 31.9 Å². The number of hydrazine groups is 1. The van der Waals surface area contributed by atoms with Gasteiger partial charge in [0.25, 0.3) is 0 Å². The van der Waals surface area contributed by atoms with Crippen LogP contribution in [0.2, 0.25) is 0 Å². The maximum absolute atomic E-state index is 14.1. The van der Waals surface area contributed by atoms with Crippen LogP contribution >= 0.6 is 11.6 Å². The van der Waals surface area contributed by atoms with E-state index in [1.54, 1.807) is 0 Å². The molecule has 0 saturated carbocycles. The van der Waals surface area contributed by atoms with E-state index >= 15 is 0 Å². The molecule has 2 unspecified atom stereocenters. The zero-order valence-electron chi connectivity index (χ0n) is 10.4. The molecule has 0 aromatic carbocycles. The number of ether oxygens (including phenoxy) is 2. The maximum Gasteiger partial charge on any atom is 0.377 e. The number of alkyl halides is 2. The Bertz CT molecular complexity index is 415. The lowest BCUT2D eigenvalue weighted by Crippen LogP contribution is -2.68. The monoisotopic (exact) mass is 322 g/mol. The zero-order chi connectivity index (χ0) is 14.9. The third-order valence-electron chi connectivity index (χ3n) is 2.84. The summed E-state index contributed by atoms with van der Waals surface area (Å²) in [5.74, 6) is -3.10. The van der Waals surface area contributed by atoms with Gasteiger partial charge in [-0.05, 0) is 0 Å². The van der Waals surface area contributed by atoms with E-state index in [2.05, 4.69) is 4.74 Å². The predicted octanol–water partition coefficient (Wildman–Crippen LogP) is -0.792. The summed E-state index contributed by atoms with van der Waals surface area (Å²) in [4.78, 5) is 0. The molecule has 0 bridgehead atoms. The molecule has 8 nitrogen and oxygen atoms in total. The van der Waals surface area contributed by atoms with Crippen molar-refractivity contribution in [1.29, 1.82) is 0 Å². The second-order valence-corrected chi connectivity index (χ2v) is 6.15. The molecule has 1 heterocycles. The molecule has 1 rings (SSSR count). The number of halogens is 2. The maximum atomic E-state index is 14.1. The van der Waals surface area contributed by atoms with Crippen molar-refractivity contribution >= 4 is 21.7 Å². The number of methoxy groups -OCH3 is 1. The number of aliphatic hydroxyl groups is 1. The van der Waals surface area contributed by atoms with E-state index in [0.717, 1.165) is 12.1 Å². The van der Waals surface area contributed by atoms with Gasteiger partial charge in [-0.1, -0.05) is 11.6 Å². The summed E-state index contributed by atoms with van der Waals surface area (Å²) in [5, 5.41) is 12.2. The first-order chi connectivity index (χ1) is 8.58. The van der Waals surface area contributed by atoms with Gasteiger partial charge in [-0.3, -0.25) is 4.55 Å². The molecule has 1 fully saturated rings. The molecule has 0 spiro atoms. The van der Waals surface area contributed by atoms with Crippen LogP contribution in [-0.2, 0) is 19.6 Å². The average molecular weight is 323 g/mol. The van der Waals surface area contributed by atoms with Gasteiger partial charge in [0.05, 0.1) is 13.2 Å². The fraction of sp³-hybridized carbons (Fsp3) is 1.00. The van der Waals surface area contributed by atoms with Gasteiger partial charge in [0, 0.05) is 27.2 Å². The minimum absolute atomic E-state index is 0.264. The van der Waals surface area contributed by atoms with Crippen LogP contribution in [0.1, 0.15) is 0 Å². The topological polar surface area (TPSA) is 99.5 Å². The van der Waals surface area contributed by atoms with Gasteiger partial charge in [0.2, 0.25) is 0 Å². The van der Waals surface area contributed by atoms with Crippen LogP contribution in [0.15, 0.2) is 0 Å². The van der Waals surface area contributed by atoms with Crippen LogP contribution in [-0.4, -0.2) is 78.9 Å². The lowest BCUT2D eigenvalue weighted by molar-refractivity contribution is -0.354. The summed E-state index contributed by atoms with van der Waals surface area (Å²) >= 11 is 5.15. The molecular formula is C8H16ClFN2O6S. The number of hydrogen-bond acceptors (Lipinski definition) is 7. The first-order valence-electron chi connectivity index (χ1n) is 5.26. The van der Waals surface area contributed by atoms with Crippen LogP contribution in [0.5, 0.6) is 0 Å². The minimum Gasteiger partial charge on any atom is -0.379 e. The van der Waals surface area contributed by atoms with E-state index in [9.17, 15) is 17.9 Å². The lowest BCUT2D eigenvalue weighted by atomic mass is 10.4. The highest BCUT2D eigenvalue weighted by molar-refractivity contribution is 7.88. The van der Waals surface area contributed by atoms with Gasteiger partial charge in [0.15, 0.2) is 0 Å². The number of rotatable bonds is 5. The average Bonchev–Trinajstić information content (AvgIpc) is 2.36. The van der Waals surface area contributed by atoms with Crippen LogP contribution < -0.4 is 0 Å². The standard InChI is InChI=1S/C8H16ClFN2O6S/c1-11(12-3-5-18-6-4-12)8(13,17-2)7(9,10)19(14,15)16/h13H,3-6H2,1-2H3,(H,14,15,16). The summed E-state index contributed by atoms with van der Waals surface area (Å²) in [6.45, 7) is 1.14. The Labute approximate surface area is 115 Å². The molecule has 1 aliphatic rings. The molecular weight excluding hydrogens is 307 g/mol. The number of nitrogens with zero attached hydrogens (tertiary/aromatic N) is 2. The van der Waals surface area contributed by atoms with Crippen molar-refractivity contribution in [3.05, 3.63) is 0 Å². The molecule has 0 aromatic rings. The Morgan fingerprint density at radius 2 is 1.95 bits per heavy atom. The van der Waals surface area contributed by atoms with E-state index in [-0.39, 0.29) is 13.1 Å². The van der Waals surface area contributed by atoms with Gasteiger partial charge in [-0.25, -0.2) is 5.01 Å². The van der Waals surface area contributed by atoms with E-state index < -0.39 is 20.5 Å². The molecule has 1 aliphatic heterocycles. The van der Waals surface area contributed by atoms with Crippen molar-refractivity contribution in [2.75, 3.05) is 40.5 Å². The molecule has 19 heavy (non-hydrogen) atoms. The van der Waals surface area contributed by atoms with Gasteiger partial charge >= 0.3 is 20.5 Å². The van der Waals surface area contributed by atoms with Crippen LogP contribution in [0.25, 0.3) is 0 Å². The van der Waals surface area contributed by atoms with Gasteiger partial charge in [0.1, 0.15) is 0 Å². The van der Waals surface area contributed by atoms with Gasteiger partial charge in [-0.15, -0.1) is 0 Å². The fourth-order valence-electron chi connectivity index (χ4n) is 1.65. The Hall–Kier alpha value is -0.0700. The van der Waals surface area contributed by atoms with E-state index in [0.29, 0.717) is 13.2 Å². The molecule has 0 radical (unpaired) electrons. The Morgan fingerprint density at radius 3 is 2.32 bits per heavy atom. The summed E-state index contributed by atoms with van der Waals surface area (Å²) in [6.07, 6.45) is 0. The Balaban J connectivity index is 3.08. The second kappa shape index (κ2) is 5.74. The zero-order valence-corrected chi connectivity index (χ0v) is 12.0. The van der Waals surface area contributed by atoms with Crippen molar-refractivity contribution in [2.45, 2.75) is 10.4 Å². The molecule has 2 N–H and O–H groups in total. The van der Waals surface area contributed by atoms with E-state index in [4.69, 9.17) is 20.9 Å². The van der Waals surface area contributed by atoms with Crippen LogP contribution in [0.4, 0.5) is 4.39 Å². The molecule has 2 atom stereocenters. The summed E-state index contributed by atoms with van der Waals surface area (Å²) < 4.78 is 50.5. The van der Waals surface area contributed by atoms with Crippen LogP contribution in [0.3, 0.4) is 0 Å². The molecule has 0 amide bonds. The number of hydrogen-bond donors (Lipinski definition) is 2. The van der Waals surface area contributed by atoms with E-state index in [1.165, 1.54) is 12.1 Å². The summed E-state index contributed by atoms with van der Waals surface area (Å²) in [5.41, 5.74) is 0. The Kier molecular flexibility index (Phi) is 5.13. The molecule has 0 aromatic heterocycles. The highest BCUT2D eigenvalue weighted by atomic mass is 35.5. The SMILES string of the molecule is COC(O)(N(C)N1CCOCC1)C(F)(Cl)S(=O)(=O)O. The van der Waals surface area contributed by atoms with E-state index in [1.807, 2.05) is 0 Å². The van der Waals surface area contributed by atoms with Crippen molar-refractivity contribution in [2.24, 2.45) is 0 Å². The van der Waals surface area contributed by atoms with Crippen LogP contribution in [0, 0.1) is 0 Å². The fourth-order valence-corrected chi connectivity index (χ4v) is 2.40. The largest absolute Gasteiger partial charge is 0.379 e. The highest BCUT2D eigenvalue weighted by Gasteiger charge is 2.65. The molecule has 0 aliphatic carbocycles. The third-order valence-corrected chi connectivity index (χ3v) is 4.58. The lowest BCUT2D eigenvalue weighted by Gasteiger charge is -2.45. The normalized spacial score (nSPS) is 25.0. The second-order valence-electron chi connectivity index (χ2n) is 3.89. The molecule has 114 valence electrons. The quantitative estimate of drug-likeness (QED) is 0.386. The first-order valence-corrected chi connectivity index (χ1v) is 7.08.